The highest BCUT2D eigenvalue weighted by Crippen LogP contribution is 2.29. The molecule has 30 heavy (non-hydrogen) atoms. The number of nitrogens with zero attached hydrogens (tertiary/aromatic N) is 4. The average Bonchev–Trinajstić information content (AvgIpc) is 3.29. The first-order chi connectivity index (χ1) is 14.2. The van der Waals surface area contributed by atoms with Gasteiger partial charge in [0, 0.05) is 38.6 Å². The standard InChI is InChI=1S/C21H26N4O3S2/c1-14(2)16-5-7-17(8-6-16)30(27,28)25-11-9-24(10-12-25)20(26)19-13-18-15(3)22-23(4)21(18)29-19/h5-8,13-14H,9-12H2,1-4H3. The van der Waals surface area contributed by atoms with Gasteiger partial charge in [-0.25, -0.2) is 8.42 Å². The highest BCUT2D eigenvalue weighted by Gasteiger charge is 2.31. The van der Waals surface area contributed by atoms with Gasteiger partial charge in [-0.1, -0.05) is 26.0 Å². The summed E-state index contributed by atoms with van der Waals surface area (Å²) in [7, 11) is -1.68. The predicted octanol–water partition coefficient (Wildman–Crippen LogP) is 3.21. The van der Waals surface area contributed by atoms with Gasteiger partial charge in [-0.05, 0) is 36.6 Å². The highest BCUT2D eigenvalue weighted by atomic mass is 32.2. The lowest BCUT2D eigenvalue weighted by atomic mass is 10.0. The number of aromatic nitrogens is 2. The van der Waals surface area contributed by atoms with E-state index < -0.39 is 10.0 Å². The number of thiophene rings is 1. The lowest BCUT2D eigenvalue weighted by molar-refractivity contribution is 0.0703. The number of hydrogen-bond donors (Lipinski definition) is 0. The van der Waals surface area contributed by atoms with Crippen molar-refractivity contribution in [3.8, 4) is 0 Å². The molecule has 1 aliphatic heterocycles. The lowest BCUT2D eigenvalue weighted by Gasteiger charge is -2.33. The molecular weight excluding hydrogens is 420 g/mol. The number of sulfonamides is 1. The maximum atomic E-state index is 13.0. The average molecular weight is 447 g/mol. The largest absolute Gasteiger partial charge is 0.335 e. The number of carbonyl (C=O) groups is 1. The third kappa shape index (κ3) is 3.66. The number of fused-ring (bicyclic) bond motifs is 1. The van der Waals surface area contributed by atoms with Crippen LogP contribution in [0.2, 0.25) is 0 Å². The van der Waals surface area contributed by atoms with E-state index in [0.717, 1.165) is 21.5 Å². The van der Waals surface area contributed by atoms with Crippen molar-refractivity contribution in [1.82, 2.24) is 19.0 Å². The van der Waals surface area contributed by atoms with Crippen LogP contribution in [0.5, 0.6) is 0 Å². The minimum atomic E-state index is -3.55. The maximum absolute atomic E-state index is 13.0. The Labute approximate surface area is 181 Å². The van der Waals surface area contributed by atoms with Crippen LogP contribution in [0.15, 0.2) is 35.2 Å². The van der Waals surface area contributed by atoms with E-state index in [-0.39, 0.29) is 5.91 Å². The molecule has 1 saturated heterocycles. The van der Waals surface area contributed by atoms with Crippen LogP contribution in [-0.2, 0) is 17.1 Å². The molecule has 4 rings (SSSR count). The number of carbonyl (C=O) groups excluding carboxylic acids is 1. The summed E-state index contributed by atoms with van der Waals surface area (Å²) in [6, 6.07) is 8.99. The molecule has 0 unspecified atom stereocenters. The molecule has 9 heteroatoms. The van der Waals surface area contributed by atoms with Gasteiger partial charge < -0.3 is 4.90 Å². The molecule has 0 atom stereocenters. The normalized spacial score (nSPS) is 16.0. The molecule has 0 radical (unpaired) electrons. The molecule has 0 spiro atoms. The first kappa shape index (κ1) is 21.0. The van der Waals surface area contributed by atoms with Crippen molar-refractivity contribution in [3.63, 3.8) is 0 Å². The lowest BCUT2D eigenvalue weighted by Crippen LogP contribution is -2.50. The third-order valence-electron chi connectivity index (χ3n) is 5.62. The molecular formula is C21H26N4O3S2. The Balaban J connectivity index is 1.45. The molecule has 3 aromatic rings. The van der Waals surface area contributed by atoms with E-state index in [4.69, 9.17) is 0 Å². The van der Waals surface area contributed by atoms with Crippen molar-refractivity contribution in [2.24, 2.45) is 7.05 Å². The van der Waals surface area contributed by atoms with E-state index in [2.05, 4.69) is 18.9 Å². The number of hydrogen-bond acceptors (Lipinski definition) is 5. The van der Waals surface area contributed by atoms with Crippen LogP contribution in [-0.4, -0.2) is 59.5 Å². The number of piperazine rings is 1. The predicted molar refractivity (Wildman–Crippen MR) is 119 cm³/mol. The first-order valence-electron chi connectivity index (χ1n) is 10.0. The monoisotopic (exact) mass is 446 g/mol. The minimum Gasteiger partial charge on any atom is -0.335 e. The summed E-state index contributed by atoms with van der Waals surface area (Å²) in [5, 5.41) is 5.37. The summed E-state index contributed by atoms with van der Waals surface area (Å²) in [5.41, 5.74) is 2.01. The zero-order chi connectivity index (χ0) is 21.6. The third-order valence-corrected chi connectivity index (χ3v) is 8.72. The van der Waals surface area contributed by atoms with Crippen molar-refractivity contribution in [1.29, 1.82) is 0 Å². The molecule has 1 fully saturated rings. The summed E-state index contributed by atoms with van der Waals surface area (Å²) < 4.78 is 29.2. The Bertz CT molecular complexity index is 1150. The van der Waals surface area contributed by atoms with Crippen molar-refractivity contribution in [2.75, 3.05) is 26.2 Å². The highest BCUT2D eigenvalue weighted by molar-refractivity contribution is 7.89. The van der Waals surface area contributed by atoms with Crippen molar-refractivity contribution >= 4 is 37.5 Å². The fraction of sp³-hybridized carbons (Fsp3) is 0.429. The van der Waals surface area contributed by atoms with Crippen LogP contribution in [0, 0.1) is 6.92 Å². The molecule has 160 valence electrons. The summed E-state index contributed by atoms with van der Waals surface area (Å²) in [5.74, 6) is 0.304. The molecule has 0 saturated carbocycles. The van der Waals surface area contributed by atoms with Crippen molar-refractivity contribution in [3.05, 3.63) is 46.5 Å². The topological polar surface area (TPSA) is 75.5 Å². The van der Waals surface area contributed by atoms with Gasteiger partial charge in [0.25, 0.3) is 5.91 Å². The quantitative estimate of drug-likeness (QED) is 0.617. The Morgan fingerprint density at radius 2 is 1.73 bits per heavy atom. The van der Waals surface area contributed by atoms with Gasteiger partial charge >= 0.3 is 0 Å². The second kappa shape index (κ2) is 7.79. The van der Waals surface area contributed by atoms with Crippen LogP contribution in [0.1, 0.15) is 40.7 Å². The SMILES string of the molecule is Cc1nn(C)c2sc(C(=O)N3CCN(S(=O)(=O)c4ccc(C(C)C)cc4)CC3)cc12. The molecule has 2 aromatic heterocycles. The second-order valence-electron chi connectivity index (χ2n) is 7.96. The van der Waals surface area contributed by atoms with E-state index in [0.29, 0.717) is 41.9 Å². The van der Waals surface area contributed by atoms with Gasteiger partial charge in [-0.15, -0.1) is 11.3 Å². The number of amides is 1. The van der Waals surface area contributed by atoms with Gasteiger partial charge in [0.05, 0.1) is 15.5 Å². The molecule has 1 aliphatic rings. The summed E-state index contributed by atoms with van der Waals surface area (Å²) >= 11 is 1.43. The summed E-state index contributed by atoms with van der Waals surface area (Å²) in [6.07, 6.45) is 0. The Kier molecular flexibility index (Phi) is 5.46. The van der Waals surface area contributed by atoms with E-state index >= 15 is 0 Å². The molecule has 0 N–H and O–H groups in total. The van der Waals surface area contributed by atoms with Crippen LogP contribution >= 0.6 is 11.3 Å². The second-order valence-corrected chi connectivity index (χ2v) is 10.9. The number of aryl methyl sites for hydroxylation is 2. The van der Waals surface area contributed by atoms with Gasteiger partial charge in [0.1, 0.15) is 4.83 Å². The fourth-order valence-electron chi connectivity index (χ4n) is 3.77. The van der Waals surface area contributed by atoms with Gasteiger partial charge in [0.15, 0.2) is 0 Å². The number of rotatable bonds is 4. The first-order valence-corrected chi connectivity index (χ1v) is 12.3. The van der Waals surface area contributed by atoms with E-state index in [9.17, 15) is 13.2 Å². The number of benzene rings is 1. The molecule has 1 amide bonds. The van der Waals surface area contributed by atoms with E-state index in [1.807, 2.05) is 32.2 Å². The Hall–Kier alpha value is -2.23. The summed E-state index contributed by atoms with van der Waals surface area (Å²) in [6.45, 7) is 7.45. The van der Waals surface area contributed by atoms with E-state index in [1.165, 1.54) is 15.6 Å². The van der Waals surface area contributed by atoms with E-state index in [1.54, 1.807) is 21.7 Å². The zero-order valence-electron chi connectivity index (χ0n) is 17.6. The smallest absolute Gasteiger partial charge is 0.264 e. The van der Waals surface area contributed by atoms with Gasteiger partial charge in [0.2, 0.25) is 10.0 Å². The molecule has 7 nitrogen and oxygen atoms in total. The summed E-state index contributed by atoms with van der Waals surface area (Å²) in [4.78, 5) is 16.6. The van der Waals surface area contributed by atoms with Gasteiger partial charge in [-0.3, -0.25) is 9.48 Å². The molecule has 3 heterocycles. The zero-order valence-corrected chi connectivity index (χ0v) is 19.3. The van der Waals surface area contributed by atoms with Crippen LogP contribution < -0.4 is 0 Å². The van der Waals surface area contributed by atoms with Crippen LogP contribution in [0.3, 0.4) is 0 Å². The fourth-order valence-corrected chi connectivity index (χ4v) is 6.29. The van der Waals surface area contributed by atoms with Crippen LogP contribution in [0.4, 0.5) is 0 Å². The molecule has 0 bridgehead atoms. The Morgan fingerprint density at radius 3 is 2.30 bits per heavy atom. The van der Waals surface area contributed by atoms with Gasteiger partial charge in [-0.2, -0.15) is 9.40 Å². The minimum absolute atomic E-state index is 0.0473. The van der Waals surface area contributed by atoms with Crippen LogP contribution in [0.25, 0.3) is 10.2 Å². The Morgan fingerprint density at radius 1 is 1.10 bits per heavy atom. The van der Waals surface area contributed by atoms with Crippen molar-refractivity contribution < 1.29 is 13.2 Å². The molecule has 1 aromatic carbocycles. The van der Waals surface area contributed by atoms with Crippen molar-refractivity contribution in [2.45, 2.75) is 31.6 Å². The maximum Gasteiger partial charge on any atom is 0.264 e. The molecule has 0 aliphatic carbocycles.